The van der Waals surface area contributed by atoms with Crippen molar-refractivity contribution >= 4 is 33.7 Å². The van der Waals surface area contributed by atoms with Crippen LogP contribution in [0.25, 0.3) is 0 Å². The van der Waals surface area contributed by atoms with Crippen molar-refractivity contribution in [3.8, 4) is 0 Å². The molecule has 0 aliphatic heterocycles. The van der Waals surface area contributed by atoms with Crippen molar-refractivity contribution in [2.75, 3.05) is 0 Å². The van der Waals surface area contributed by atoms with Gasteiger partial charge in [-0.25, -0.2) is 4.98 Å². The van der Waals surface area contributed by atoms with E-state index in [1.807, 2.05) is 26.0 Å². The quantitative estimate of drug-likeness (QED) is 0.824. The van der Waals surface area contributed by atoms with E-state index < -0.39 is 11.5 Å². The number of aliphatic carboxylic acids is 1. The van der Waals surface area contributed by atoms with Crippen molar-refractivity contribution in [2.24, 2.45) is 0 Å². The highest BCUT2D eigenvalue weighted by Gasteiger charge is 2.43. The lowest BCUT2D eigenvalue weighted by Gasteiger charge is -2.39. The second-order valence-electron chi connectivity index (χ2n) is 5.81. The number of halogens is 1. The SMILES string of the molecule is CC(C)NC1(C(=O)O)CCCC(Sc2ncccc2Br)C1. The van der Waals surface area contributed by atoms with E-state index in [-0.39, 0.29) is 11.3 Å². The fourth-order valence-electron chi connectivity index (χ4n) is 2.88. The van der Waals surface area contributed by atoms with Crippen molar-refractivity contribution in [3.63, 3.8) is 0 Å². The lowest BCUT2D eigenvalue weighted by molar-refractivity contribution is -0.146. The molecule has 1 fully saturated rings. The first kappa shape index (κ1) is 16.8. The van der Waals surface area contributed by atoms with Gasteiger partial charge in [0.2, 0.25) is 0 Å². The minimum Gasteiger partial charge on any atom is -0.480 e. The molecule has 2 unspecified atom stereocenters. The fourth-order valence-corrected chi connectivity index (χ4v) is 4.69. The van der Waals surface area contributed by atoms with E-state index in [0.717, 1.165) is 22.3 Å². The van der Waals surface area contributed by atoms with Gasteiger partial charge in [0.25, 0.3) is 0 Å². The molecule has 0 radical (unpaired) electrons. The number of pyridine rings is 1. The van der Waals surface area contributed by atoms with Crippen molar-refractivity contribution in [1.82, 2.24) is 10.3 Å². The molecule has 116 valence electrons. The average molecular weight is 373 g/mol. The molecule has 1 aliphatic rings. The normalized spacial score (nSPS) is 26.0. The Hall–Kier alpha value is -0.590. The van der Waals surface area contributed by atoms with Crippen LogP contribution in [0.3, 0.4) is 0 Å². The van der Waals surface area contributed by atoms with Crippen LogP contribution in [-0.2, 0) is 4.79 Å². The van der Waals surface area contributed by atoms with Gasteiger partial charge in [-0.2, -0.15) is 0 Å². The number of carbonyl (C=O) groups is 1. The molecule has 1 heterocycles. The third kappa shape index (κ3) is 4.20. The van der Waals surface area contributed by atoms with Gasteiger partial charge in [0.15, 0.2) is 0 Å². The molecule has 2 atom stereocenters. The number of hydrogen-bond donors (Lipinski definition) is 2. The van der Waals surface area contributed by atoms with E-state index in [0.29, 0.717) is 12.8 Å². The summed E-state index contributed by atoms with van der Waals surface area (Å²) in [6.07, 6.45) is 5.05. The monoisotopic (exact) mass is 372 g/mol. The highest BCUT2D eigenvalue weighted by atomic mass is 79.9. The minimum absolute atomic E-state index is 0.159. The maximum absolute atomic E-state index is 11.8. The summed E-state index contributed by atoms with van der Waals surface area (Å²) in [4.78, 5) is 16.2. The number of thioether (sulfide) groups is 1. The van der Waals surface area contributed by atoms with E-state index in [9.17, 15) is 9.90 Å². The van der Waals surface area contributed by atoms with Crippen LogP contribution < -0.4 is 5.32 Å². The molecule has 21 heavy (non-hydrogen) atoms. The topological polar surface area (TPSA) is 62.2 Å². The van der Waals surface area contributed by atoms with Gasteiger partial charge in [-0.05, 0) is 67.6 Å². The molecule has 4 nitrogen and oxygen atoms in total. The molecule has 2 rings (SSSR count). The van der Waals surface area contributed by atoms with Crippen LogP contribution >= 0.6 is 27.7 Å². The number of nitrogens with one attached hydrogen (secondary N) is 1. The summed E-state index contributed by atoms with van der Waals surface area (Å²) in [5.41, 5.74) is -0.800. The Morgan fingerprint density at radius 1 is 1.62 bits per heavy atom. The largest absolute Gasteiger partial charge is 0.480 e. The van der Waals surface area contributed by atoms with Crippen LogP contribution in [0.2, 0.25) is 0 Å². The predicted molar refractivity (Wildman–Crippen MR) is 88.7 cm³/mol. The highest BCUT2D eigenvalue weighted by molar-refractivity contribution is 9.10. The third-order valence-corrected chi connectivity index (χ3v) is 5.87. The van der Waals surface area contributed by atoms with E-state index in [1.165, 1.54) is 0 Å². The van der Waals surface area contributed by atoms with Crippen LogP contribution in [0.15, 0.2) is 27.8 Å². The first-order valence-corrected chi connectivity index (χ1v) is 8.88. The molecule has 2 N–H and O–H groups in total. The van der Waals surface area contributed by atoms with Gasteiger partial charge in [-0.15, -0.1) is 11.8 Å². The number of carboxylic acids is 1. The molecule has 0 bridgehead atoms. The Kier molecular flexibility index (Phi) is 5.68. The lowest BCUT2D eigenvalue weighted by atomic mass is 9.81. The van der Waals surface area contributed by atoms with Crippen molar-refractivity contribution in [2.45, 2.75) is 61.4 Å². The Morgan fingerprint density at radius 3 is 3.00 bits per heavy atom. The molecular weight excluding hydrogens is 352 g/mol. The number of carboxylic acid groups (broad SMARTS) is 1. The van der Waals surface area contributed by atoms with E-state index in [1.54, 1.807) is 18.0 Å². The Morgan fingerprint density at radius 2 is 2.38 bits per heavy atom. The molecule has 0 amide bonds. The zero-order valence-corrected chi connectivity index (χ0v) is 14.7. The smallest absolute Gasteiger partial charge is 0.323 e. The number of nitrogens with zero attached hydrogens (tertiary/aromatic N) is 1. The average Bonchev–Trinajstić information content (AvgIpc) is 2.41. The van der Waals surface area contributed by atoms with E-state index >= 15 is 0 Å². The van der Waals surface area contributed by atoms with Gasteiger partial charge in [-0.3, -0.25) is 10.1 Å². The van der Waals surface area contributed by atoms with Crippen LogP contribution in [-0.4, -0.2) is 32.9 Å². The van der Waals surface area contributed by atoms with Crippen LogP contribution in [0, 0.1) is 0 Å². The minimum atomic E-state index is -0.800. The van der Waals surface area contributed by atoms with E-state index in [2.05, 4.69) is 26.2 Å². The van der Waals surface area contributed by atoms with Crippen LogP contribution in [0.5, 0.6) is 0 Å². The highest BCUT2D eigenvalue weighted by Crippen LogP contribution is 2.40. The molecule has 6 heteroatoms. The Bertz CT molecular complexity index is 512. The van der Waals surface area contributed by atoms with Crippen LogP contribution in [0.4, 0.5) is 0 Å². The van der Waals surface area contributed by atoms with Gasteiger partial charge < -0.3 is 5.11 Å². The predicted octanol–water partition coefficient (Wildman–Crippen LogP) is 3.70. The summed E-state index contributed by atoms with van der Waals surface area (Å²) in [5.74, 6) is -0.735. The number of rotatable bonds is 5. The van der Waals surface area contributed by atoms with Gasteiger partial charge in [0.05, 0.1) is 0 Å². The maximum atomic E-state index is 11.8. The number of hydrogen-bond acceptors (Lipinski definition) is 4. The molecule has 1 aromatic heterocycles. The molecule has 1 saturated carbocycles. The van der Waals surface area contributed by atoms with Crippen molar-refractivity contribution in [3.05, 3.63) is 22.8 Å². The third-order valence-electron chi connectivity index (χ3n) is 3.68. The van der Waals surface area contributed by atoms with Gasteiger partial charge in [0, 0.05) is 22.0 Å². The molecule has 0 spiro atoms. The summed E-state index contributed by atoms with van der Waals surface area (Å²) in [6, 6.07) is 4.01. The fraction of sp³-hybridized carbons (Fsp3) is 0.600. The first-order chi connectivity index (χ1) is 9.93. The Balaban J connectivity index is 2.12. The molecule has 1 aromatic rings. The maximum Gasteiger partial charge on any atom is 0.323 e. The first-order valence-electron chi connectivity index (χ1n) is 7.21. The standard InChI is InChI=1S/C15H21BrN2O2S/c1-10(2)18-15(14(19)20)7-3-5-11(9-15)21-13-12(16)6-4-8-17-13/h4,6,8,10-11,18H,3,5,7,9H2,1-2H3,(H,19,20). The summed E-state index contributed by atoms with van der Waals surface area (Å²) in [7, 11) is 0. The second kappa shape index (κ2) is 7.11. The van der Waals surface area contributed by atoms with Crippen molar-refractivity contribution < 1.29 is 9.90 Å². The lowest BCUT2D eigenvalue weighted by Crippen LogP contribution is -2.57. The zero-order chi connectivity index (χ0) is 15.5. The molecule has 0 aromatic carbocycles. The summed E-state index contributed by atoms with van der Waals surface area (Å²) in [5, 5.41) is 14.2. The number of aromatic nitrogens is 1. The van der Waals surface area contributed by atoms with Gasteiger partial charge >= 0.3 is 5.97 Å². The molecular formula is C15H21BrN2O2S. The second-order valence-corrected chi connectivity index (χ2v) is 7.96. The molecule has 0 saturated heterocycles. The van der Waals surface area contributed by atoms with Crippen molar-refractivity contribution in [1.29, 1.82) is 0 Å². The van der Waals surface area contributed by atoms with E-state index in [4.69, 9.17) is 0 Å². The summed E-state index contributed by atoms with van der Waals surface area (Å²) >= 11 is 5.18. The van der Waals surface area contributed by atoms with Gasteiger partial charge in [-0.1, -0.05) is 0 Å². The molecule has 1 aliphatic carbocycles. The van der Waals surface area contributed by atoms with Gasteiger partial charge in [0.1, 0.15) is 10.6 Å². The van der Waals surface area contributed by atoms with Crippen LogP contribution in [0.1, 0.15) is 39.5 Å². The summed E-state index contributed by atoms with van der Waals surface area (Å²) < 4.78 is 0.971. The Labute approximate surface area is 138 Å². The summed E-state index contributed by atoms with van der Waals surface area (Å²) in [6.45, 7) is 3.99. The zero-order valence-electron chi connectivity index (χ0n) is 12.3.